The molecule has 11 rings (SSSR count). The standard InChI is InChI=1S/C64H58N4O/c1-62(2,3)48-34-35-65-61(40-48)68-57-29-18-17-28-55(57)56-32-31-54(42-59(56)68)69-53-27-19-26-51(41-53)66-43-67(60-39-49(30-33-58(60)66)63(4,5)46-22-13-9-14-23-46)52-37-45(44-20-11-8-12-21-44)36-50(38-52)64(6,7)47-24-15-10-16-25-47/h8-42H,43H2,1-7H3. The first kappa shape index (κ1) is 43.7. The minimum atomic E-state index is -0.254. The Morgan fingerprint density at radius 2 is 1.04 bits per heavy atom. The largest absolute Gasteiger partial charge is 0.457 e. The summed E-state index contributed by atoms with van der Waals surface area (Å²) >= 11 is 0. The van der Waals surface area contributed by atoms with Gasteiger partial charge in [0.05, 0.1) is 22.4 Å². The number of nitrogens with zero attached hydrogens (tertiary/aromatic N) is 4. The molecule has 0 saturated carbocycles. The average molecular weight is 899 g/mol. The molecular formula is C64H58N4O. The van der Waals surface area contributed by atoms with E-state index in [4.69, 9.17) is 9.72 Å². The summed E-state index contributed by atoms with van der Waals surface area (Å²) in [6, 6.07) is 74.6. The Bertz CT molecular complexity index is 3490. The molecular weight excluding hydrogens is 841 g/mol. The van der Waals surface area contributed by atoms with E-state index in [1.165, 1.54) is 50.0 Å². The maximum absolute atomic E-state index is 6.85. The number of para-hydroxylation sites is 1. The van der Waals surface area contributed by atoms with Gasteiger partial charge in [0.2, 0.25) is 0 Å². The van der Waals surface area contributed by atoms with Gasteiger partial charge in [0.1, 0.15) is 24.0 Å². The number of anilines is 4. The van der Waals surface area contributed by atoms with Crippen molar-refractivity contribution < 1.29 is 4.74 Å². The molecule has 0 amide bonds. The topological polar surface area (TPSA) is 33.5 Å². The molecule has 0 atom stereocenters. The van der Waals surface area contributed by atoms with Crippen LogP contribution in [-0.4, -0.2) is 16.2 Å². The molecule has 0 spiro atoms. The number of rotatable bonds is 10. The lowest BCUT2D eigenvalue weighted by Gasteiger charge is -2.30. The highest BCUT2D eigenvalue weighted by molar-refractivity contribution is 6.09. The SMILES string of the molecule is CC(C)(C)c1ccnc(-n2c3ccccc3c3ccc(Oc4cccc(N5CN(c6cc(-c7ccccc7)cc(C(C)(C)c7ccccc7)c6)c6cc(C(C)(C)c7ccccc7)ccc65)c4)cc32)c1. The minimum Gasteiger partial charge on any atom is -0.457 e. The van der Waals surface area contributed by atoms with E-state index in [0.29, 0.717) is 6.67 Å². The van der Waals surface area contributed by atoms with E-state index >= 15 is 0 Å². The molecule has 0 aliphatic carbocycles. The smallest absolute Gasteiger partial charge is 0.137 e. The summed E-state index contributed by atoms with van der Waals surface area (Å²) < 4.78 is 9.12. The van der Waals surface area contributed by atoms with Crippen LogP contribution in [0.1, 0.15) is 76.3 Å². The second-order valence-electron chi connectivity index (χ2n) is 20.6. The van der Waals surface area contributed by atoms with Crippen molar-refractivity contribution >= 4 is 44.6 Å². The van der Waals surface area contributed by atoms with E-state index in [-0.39, 0.29) is 16.2 Å². The number of ether oxygens (including phenoxy) is 1. The maximum Gasteiger partial charge on any atom is 0.137 e. The molecule has 2 aromatic heterocycles. The molecule has 0 unspecified atom stereocenters. The van der Waals surface area contributed by atoms with Crippen LogP contribution in [0, 0.1) is 0 Å². The van der Waals surface area contributed by atoms with Gasteiger partial charge in [0.15, 0.2) is 0 Å². The minimum absolute atomic E-state index is 0.0158. The van der Waals surface area contributed by atoms with Crippen LogP contribution >= 0.6 is 0 Å². The third-order valence-corrected chi connectivity index (χ3v) is 14.5. The summed E-state index contributed by atoms with van der Waals surface area (Å²) in [7, 11) is 0. The molecule has 0 saturated heterocycles. The third kappa shape index (κ3) is 8.02. The van der Waals surface area contributed by atoms with E-state index in [2.05, 4.69) is 269 Å². The van der Waals surface area contributed by atoms with Gasteiger partial charge in [-0.3, -0.25) is 4.57 Å². The molecule has 69 heavy (non-hydrogen) atoms. The molecule has 340 valence electrons. The first-order valence-electron chi connectivity index (χ1n) is 24.1. The summed E-state index contributed by atoms with van der Waals surface area (Å²) in [6.07, 6.45) is 1.93. The Kier molecular flexibility index (Phi) is 10.8. The number of aromatic nitrogens is 2. The number of hydrogen-bond acceptors (Lipinski definition) is 4. The fourth-order valence-electron chi connectivity index (χ4n) is 10.2. The molecule has 0 bridgehead atoms. The summed E-state index contributed by atoms with van der Waals surface area (Å²) in [4.78, 5) is 9.83. The zero-order valence-corrected chi connectivity index (χ0v) is 40.6. The van der Waals surface area contributed by atoms with Gasteiger partial charge in [-0.25, -0.2) is 4.98 Å². The molecule has 5 nitrogen and oxygen atoms in total. The number of fused-ring (bicyclic) bond motifs is 4. The summed E-state index contributed by atoms with van der Waals surface area (Å²) in [5.41, 5.74) is 14.9. The molecule has 0 radical (unpaired) electrons. The highest BCUT2D eigenvalue weighted by Crippen LogP contribution is 2.49. The van der Waals surface area contributed by atoms with Gasteiger partial charge in [0.25, 0.3) is 0 Å². The van der Waals surface area contributed by atoms with E-state index in [1.807, 2.05) is 6.20 Å². The first-order chi connectivity index (χ1) is 33.3. The third-order valence-electron chi connectivity index (χ3n) is 14.5. The Morgan fingerprint density at radius 1 is 0.406 bits per heavy atom. The van der Waals surface area contributed by atoms with Gasteiger partial charge in [-0.15, -0.1) is 0 Å². The van der Waals surface area contributed by atoms with E-state index in [1.54, 1.807) is 0 Å². The van der Waals surface area contributed by atoms with E-state index < -0.39 is 0 Å². The van der Waals surface area contributed by atoms with Crippen LogP contribution in [-0.2, 0) is 16.2 Å². The van der Waals surface area contributed by atoms with Crippen molar-refractivity contribution in [2.75, 3.05) is 16.5 Å². The fourth-order valence-corrected chi connectivity index (χ4v) is 10.2. The molecule has 1 aliphatic heterocycles. The summed E-state index contributed by atoms with van der Waals surface area (Å²) in [5, 5.41) is 2.34. The zero-order valence-electron chi connectivity index (χ0n) is 40.6. The Balaban J connectivity index is 1.01. The normalized spacial score (nSPS) is 13.0. The van der Waals surface area contributed by atoms with E-state index in [0.717, 1.165) is 50.8 Å². The Morgan fingerprint density at radius 3 is 1.77 bits per heavy atom. The monoisotopic (exact) mass is 898 g/mol. The molecule has 1 aliphatic rings. The molecule has 0 fully saturated rings. The van der Waals surface area contributed by atoms with Crippen molar-refractivity contribution in [2.24, 2.45) is 0 Å². The van der Waals surface area contributed by atoms with Crippen molar-refractivity contribution in [2.45, 2.75) is 64.7 Å². The van der Waals surface area contributed by atoms with Gasteiger partial charge in [-0.05, 0) is 111 Å². The first-order valence-corrected chi connectivity index (χ1v) is 24.1. The summed E-state index contributed by atoms with van der Waals surface area (Å²) in [5.74, 6) is 2.42. The maximum atomic E-state index is 6.85. The van der Waals surface area contributed by atoms with Crippen LogP contribution in [0.4, 0.5) is 22.7 Å². The average Bonchev–Trinajstić information content (AvgIpc) is 3.93. The highest BCUT2D eigenvalue weighted by atomic mass is 16.5. The van der Waals surface area contributed by atoms with Crippen molar-refractivity contribution in [1.82, 2.24) is 9.55 Å². The fraction of sp³-hybridized carbons (Fsp3) is 0.172. The molecule has 10 aromatic rings. The predicted octanol–water partition coefficient (Wildman–Crippen LogP) is 16.8. The van der Waals surface area contributed by atoms with Crippen molar-refractivity contribution in [3.63, 3.8) is 0 Å². The number of hydrogen-bond donors (Lipinski definition) is 0. The van der Waals surface area contributed by atoms with Crippen LogP contribution in [0.2, 0.25) is 0 Å². The molecule has 8 aromatic carbocycles. The van der Waals surface area contributed by atoms with Crippen LogP contribution in [0.15, 0.2) is 212 Å². The van der Waals surface area contributed by atoms with Gasteiger partial charge in [0, 0.05) is 51.3 Å². The number of pyridine rings is 1. The van der Waals surface area contributed by atoms with Gasteiger partial charge in [-0.2, -0.15) is 0 Å². The quantitative estimate of drug-likeness (QED) is 0.137. The Labute approximate surface area is 406 Å². The molecule has 3 heterocycles. The van der Waals surface area contributed by atoms with Crippen molar-refractivity contribution in [1.29, 1.82) is 0 Å². The van der Waals surface area contributed by atoms with Gasteiger partial charge >= 0.3 is 0 Å². The van der Waals surface area contributed by atoms with Crippen LogP contribution in [0.3, 0.4) is 0 Å². The van der Waals surface area contributed by atoms with Crippen molar-refractivity contribution in [3.8, 4) is 28.4 Å². The lowest BCUT2D eigenvalue weighted by Crippen LogP contribution is -2.25. The number of benzene rings is 8. The van der Waals surface area contributed by atoms with E-state index in [9.17, 15) is 0 Å². The lowest BCUT2D eigenvalue weighted by atomic mass is 9.77. The summed E-state index contributed by atoms with van der Waals surface area (Å²) in [6.45, 7) is 16.7. The lowest BCUT2D eigenvalue weighted by molar-refractivity contribution is 0.483. The molecule has 5 heteroatoms. The zero-order chi connectivity index (χ0) is 47.5. The second-order valence-corrected chi connectivity index (χ2v) is 20.6. The Hall–Kier alpha value is -7.89. The molecule has 0 N–H and O–H groups in total. The van der Waals surface area contributed by atoms with Crippen LogP contribution < -0.4 is 14.5 Å². The van der Waals surface area contributed by atoms with Crippen LogP contribution in [0.25, 0.3) is 38.8 Å². The van der Waals surface area contributed by atoms with Crippen LogP contribution in [0.5, 0.6) is 11.5 Å². The van der Waals surface area contributed by atoms with Gasteiger partial charge in [-0.1, -0.05) is 176 Å². The second kappa shape index (κ2) is 17.0. The predicted molar refractivity (Wildman–Crippen MR) is 288 cm³/mol. The van der Waals surface area contributed by atoms with Gasteiger partial charge < -0.3 is 14.5 Å². The highest BCUT2D eigenvalue weighted by Gasteiger charge is 2.33. The van der Waals surface area contributed by atoms with Crippen molar-refractivity contribution in [3.05, 3.63) is 240 Å².